The van der Waals surface area contributed by atoms with Crippen LogP contribution < -0.4 is 10.2 Å². The first-order valence-electron chi connectivity index (χ1n) is 6.45. The number of anilines is 1. The Kier molecular flexibility index (Phi) is 4.54. The quantitative estimate of drug-likeness (QED) is 0.890. The van der Waals surface area contributed by atoms with Gasteiger partial charge in [-0.15, -0.1) is 0 Å². The molecule has 1 aliphatic heterocycles. The van der Waals surface area contributed by atoms with Gasteiger partial charge in [-0.3, -0.25) is 4.90 Å². The van der Waals surface area contributed by atoms with Crippen LogP contribution in [-0.2, 0) is 11.2 Å². The summed E-state index contributed by atoms with van der Waals surface area (Å²) in [5.41, 5.74) is 1.59. The van der Waals surface area contributed by atoms with Crippen molar-refractivity contribution < 1.29 is 14.7 Å². The minimum Gasteiger partial charge on any atom is -0.480 e. The van der Waals surface area contributed by atoms with Crippen molar-refractivity contribution >= 4 is 29.4 Å². The molecule has 0 saturated carbocycles. The van der Waals surface area contributed by atoms with E-state index in [0.29, 0.717) is 23.9 Å². The van der Waals surface area contributed by atoms with E-state index >= 15 is 0 Å². The molecule has 1 heterocycles. The predicted molar refractivity (Wildman–Crippen MR) is 80.4 cm³/mol. The van der Waals surface area contributed by atoms with Crippen molar-refractivity contribution in [1.82, 2.24) is 5.32 Å². The number of carboxylic acids is 1. The molecular weight excluding hydrogens is 276 g/mol. The monoisotopic (exact) mass is 294 g/mol. The van der Waals surface area contributed by atoms with E-state index in [-0.39, 0.29) is 6.03 Å². The SMILES string of the molecule is CSC(C)CNC(=O)N1c2ccccc2CC1C(=O)O. The molecule has 0 saturated heterocycles. The zero-order valence-electron chi connectivity index (χ0n) is 11.5. The van der Waals surface area contributed by atoms with Gasteiger partial charge in [0.2, 0.25) is 0 Å². The lowest BCUT2D eigenvalue weighted by atomic mass is 10.1. The topological polar surface area (TPSA) is 69.6 Å². The highest BCUT2D eigenvalue weighted by atomic mass is 32.2. The number of hydrogen-bond donors (Lipinski definition) is 2. The number of carbonyl (C=O) groups is 2. The molecule has 1 aromatic carbocycles. The average molecular weight is 294 g/mol. The number of benzene rings is 1. The van der Waals surface area contributed by atoms with Crippen molar-refractivity contribution in [3.05, 3.63) is 29.8 Å². The van der Waals surface area contributed by atoms with Crippen molar-refractivity contribution in [2.75, 3.05) is 17.7 Å². The number of nitrogens with one attached hydrogen (secondary N) is 1. The second-order valence-corrected chi connectivity index (χ2v) is 6.07. The van der Waals surface area contributed by atoms with E-state index in [1.165, 1.54) is 4.90 Å². The van der Waals surface area contributed by atoms with Crippen molar-refractivity contribution in [1.29, 1.82) is 0 Å². The molecule has 2 amide bonds. The van der Waals surface area contributed by atoms with Crippen LogP contribution in [0.2, 0.25) is 0 Å². The highest BCUT2D eigenvalue weighted by Crippen LogP contribution is 2.32. The molecule has 20 heavy (non-hydrogen) atoms. The fraction of sp³-hybridized carbons (Fsp3) is 0.429. The molecule has 0 fully saturated rings. The number of thioether (sulfide) groups is 1. The number of nitrogens with zero attached hydrogens (tertiary/aromatic N) is 1. The van der Waals surface area contributed by atoms with Gasteiger partial charge in [-0.2, -0.15) is 11.8 Å². The molecule has 108 valence electrons. The molecule has 2 unspecified atom stereocenters. The Hall–Kier alpha value is -1.69. The van der Waals surface area contributed by atoms with Crippen LogP contribution in [-0.4, -0.2) is 41.2 Å². The largest absolute Gasteiger partial charge is 0.480 e. The molecule has 0 aromatic heterocycles. The predicted octanol–water partition coefficient (Wildman–Crippen LogP) is 1.96. The molecule has 5 nitrogen and oxygen atoms in total. The van der Waals surface area contributed by atoms with Crippen LogP contribution in [0.25, 0.3) is 0 Å². The van der Waals surface area contributed by atoms with E-state index < -0.39 is 12.0 Å². The molecule has 6 heteroatoms. The molecule has 1 aliphatic rings. The summed E-state index contributed by atoms with van der Waals surface area (Å²) in [6.45, 7) is 2.53. The normalized spacial score (nSPS) is 18.5. The maximum absolute atomic E-state index is 12.3. The highest BCUT2D eigenvalue weighted by Gasteiger charge is 2.38. The molecule has 0 radical (unpaired) electrons. The maximum atomic E-state index is 12.3. The Morgan fingerprint density at radius 2 is 2.20 bits per heavy atom. The van der Waals surface area contributed by atoms with E-state index in [4.69, 9.17) is 0 Å². The lowest BCUT2D eigenvalue weighted by molar-refractivity contribution is -0.138. The van der Waals surface area contributed by atoms with Crippen LogP contribution in [0.5, 0.6) is 0 Å². The summed E-state index contributed by atoms with van der Waals surface area (Å²) in [5, 5.41) is 12.4. The highest BCUT2D eigenvalue weighted by molar-refractivity contribution is 7.99. The van der Waals surface area contributed by atoms with E-state index in [2.05, 4.69) is 5.32 Å². The number of carbonyl (C=O) groups excluding carboxylic acids is 1. The van der Waals surface area contributed by atoms with E-state index in [0.717, 1.165) is 5.56 Å². The van der Waals surface area contributed by atoms with Crippen LogP contribution in [0.4, 0.5) is 10.5 Å². The first-order chi connectivity index (χ1) is 9.54. The number of carboxylic acid groups (broad SMARTS) is 1. The summed E-state index contributed by atoms with van der Waals surface area (Å²) in [5.74, 6) is -0.978. The first kappa shape index (κ1) is 14.7. The molecule has 0 bridgehead atoms. The number of fused-ring (bicyclic) bond motifs is 1. The smallest absolute Gasteiger partial charge is 0.327 e. The zero-order chi connectivity index (χ0) is 14.7. The Balaban J connectivity index is 2.18. The Bertz CT molecular complexity index is 521. The third-order valence-corrected chi connectivity index (χ3v) is 4.39. The zero-order valence-corrected chi connectivity index (χ0v) is 12.3. The van der Waals surface area contributed by atoms with Gasteiger partial charge in [0.25, 0.3) is 0 Å². The Morgan fingerprint density at radius 3 is 2.85 bits per heavy atom. The standard InChI is InChI=1S/C14H18N2O3S/c1-9(20-2)8-15-14(19)16-11-6-4-3-5-10(11)7-12(16)13(17)18/h3-6,9,12H,7-8H2,1-2H3,(H,15,19)(H,17,18). The number of amides is 2. The fourth-order valence-corrected chi connectivity index (χ4v) is 2.48. The maximum Gasteiger partial charge on any atom is 0.327 e. The van der Waals surface area contributed by atoms with Crippen molar-refractivity contribution in [2.24, 2.45) is 0 Å². The van der Waals surface area contributed by atoms with Gasteiger partial charge in [0.05, 0.1) is 0 Å². The van der Waals surface area contributed by atoms with Crippen LogP contribution in [0, 0.1) is 0 Å². The number of hydrogen-bond acceptors (Lipinski definition) is 3. The van der Waals surface area contributed by atoms with Gasteiger partial charge in [-0.05, 0) is 17.9 Å². The number of rotatable bonds is 4. The molecular formula is C14H18N2O3S. The van der Waals surface area contributed by atoms with E-state index in [1.807, 2.05) is 31.4 Å². The van der Waals surface area contributed by atoms with E-state index in [1.54, 1.807) is 17.8 Å². The molecule has 2 N–H and O–H groups in total. The van der Waals surface area contributed by atoms with Crippen LogP contribution >= 0.6 is 11.8 Å². The van der Waals surface area contributed by atoms with Crippen molar-refractivity contribution in [3.63, 3.8) is 0 Å². The number of para-hydroxylation sites is 1. The average Bonchev–Trinajstić information content (AvgIpc) is 2.84. The molecule has 2 rings (SSSR count). The minimum absolute atomic E-state index is 0.292. The van der Waals surface area contributed by atoms with Crippen LogP contribution in [0.1, 0.15) is 12.5 Å². The number of aliphatic carboxylic acids is 1. The molecule has 2 atom stereocenters. The van der Waals surface area contributed by atoms with Gasteiger partial charge in [0.1, 0.15) is 6.04 Å². The lowest BCUT2D eigenvalue weighted by Gasteiger charge is -2.23. The molecule has 0 spiro atoms. The minimum atomic E-state index is -0.978. The third-order valence-electron chi connectivity index (χ3n) is 3.42. The third kappa shape index (κ3) is 2.90. The fourth-order valence-electron chi connectivity index (χ4n) is 2.23. The van der Waals surface area contributed by atoms with Gasteiger partial charge in [0.15, 0.2) is 0 Å². The summed E-state index contributed by atoms with van der Waals surface area (Å²) < 4.78 is 0. The van der Waals surface area contributed by atoms with Crippen molar-refractivity contribution in [2.45, 2.75) is 24.6 Å². The van der Waals surface area contributed by atoms with Gasteiger partial charge in [0, 0.05) is 23.9 Å². The summed E-state index contributed by atoms with van der Waals surface area (Å²) in [4.78, 5) is 25.0. The summed E-state index contributed by atoms with van der Waals surface area (Å²) in [7, 11) is 0. The van der Waals surface area contributed by atoms with Gasteiger partial charge < -0.3 is 10.4 Å². The molecule has 0 aliphatic carbocycles. The van der Waals surface area contributed by atoms with Crippen molar-refractivity contribution in [3.8, 4) is 0 Å². The summed E-state index contributed by atoms with van der Waals surface area (Å²) in [6, 6.07) is 6.15. The van der Waals surface area contributed by atoms with Gasteiger partial charge in [-0.1, -0.05) is 25.1 Å². The first-order valence-corrected chi connectivity index (χ1v) is 7.74. The van der Waals surface area contributed by atoms with Gasteiger partial charge >= 0.3 is 12.0 Å². The number of urea groups is 1. The second kappa shape index (κ2) is 6.17. The van der Waals surface area contributed by atoms with Crippen LogP contribution in [0.15, 0.2) is 24.3 Å². The van der Waals surface area contributed by atoms with Crippen LogP contribution in [0.3, 0.4) is 0 Å². The Morgan fingerprint density at radius 1 is 1.50 bits per heavy atom. The summed E-state index contributed by atoms with van der Waals surface area (Å²) >= 11 is 1.65. The summed E-state index contributed by atoms with van der Waals surface area (Å²) in [6.07, 6.45) is 2.33. The Labute approximate surface area is 122 Å². The second-order valence-electron chi connectivity index (χ2n) is 4.79. The van der Waals surface area contributed by atoms with E-state index in [9.17, 15) is 14.7 Å². The van der Waals surface area contributed by atoms with Gasteiger partial charge in [-0.25, -0.2) is 9.59 Å². The molecule has 1 aromatic rings. The lowest BCUT2D eigenvalue weighted by Crippen LogP contribution is -2.49.